The molecule has 0 aliphatic carbocycles. The van der Waals surface area contributed by atoms with E-state index in [4.69, 9.17) is 14.5 Å². The van der Waals surface area contributed by atoms with Crippen molar-refractivity contribution >= 4 is 27.7 Å². The normalized spacial score (nSPS) is 12.2. The van der Waals surface area contributed by atoms with Crippen molar-refractivity contribution in [3.63, 3.8) is 0 Å². The Balaban J connectivity index is 1.44. The molecule has 1 aromatic heterocycles. The summed E-state index contributed by atoms with van der Waals surface area (Å²) in [5.41, 5.74) is 1.97. The second-order valence-electron chi connectivity index (χ2n) is 7.54. The number of carbonyl (C=O) groups excluding carboxylic acids is 1. The molecule has 0 aliphatic rings. The number of aryl methyl sites for hydroxylation is 1. The number of carbonyl (C=O) groups is 1. The van der Waals surface area contributed by atoms with E-state index in [-0.39, 0.29) is 18.6 Å². The quantitative estimate of drug-likeness (QED) is 0.408. The van der Waals surface area contributed by atoms with Crippen LogP contribution in [0.5, 0.6) is 5.75 Å². The Morgan fingerprint density at radius 1 is 1.06 bits per heavy atom. The molecule has 6 nitrogen and oxygen atoms in total. The number of ether oxygens (including phenoxy) is 2. The van der Waals surface area contributed by atoms with E-state index >= 15 is 0 Å². The Kier molecular flexibility index (Phi) is 6.48. The summed E-state index contributed by atoms with van der Waals surface area (Å²) in [6.45, 7) is 3.31. The molecule has 4 aromatic rings. The zero-order valence-electron chi connectivity index (χ0n) is 17.9. The topological polar surface area (TPSA) is 65.4 Å². The Hall–Kier alpha value is -3.38. The van der Waals surface area contributed by atoms with Crippen LogP contribution in [-0.2, 0) is 16.1 Å². The van der Waals surface area contributed by atoms with Crippen LogP contribution < -0.4 is 10.1 Å². The first-order valence-corrected chi connectivity index (χ1v) is 10.5. The molecule has 0 aliphatic heterocycles. The average molecular weight is 418 g/mol. The zero-order chi connectivity index (χ0) is 21.6. The smallest absolute Gasteiger partial charge is 0.246 e. The number of hydrogen-bond donors (Lipinski definition) is 1. The van der Waals surface area contributed by atoms with E-state index < -0.39 is 0 Å². The van der Waals surface area contributed by atoms with Crippen LogP contribution in [0.25, 0.3) is 21.8 Å². The van der Waals surface area contributed by atoms with Gasteiger partial charge in [-0.25, -0.2) is 4.98 Å². The standard InChI is InChI=1S/C25H27N3O3/c1-18(26-24(29)17-30-2)25-27-22-10-5-6-11-23(22)28(25)14-7-15-31-21-13-12-19-8-3-4-9-20(19)16-21/h3-6,8-13,16,18H,7,14-15,17H2,1-2H3,(H,26,29). The van der Waals surface area contributed by atoms with Gasteiger partial charge in [0, 0.05) is 13.7 Å². The Morgan fingerprint density at radius 2 is 1.84 bits per heavy atom. The number of rotatable bonds is 9. The minimum atomic E-state index is -0.226. The van der Waals surface area contributed by atoms with E-state index in [2.05, 4.69) is 40.2 Å². The third-order valence-electron chi connectivity index (χ3n) is 5.24. The molecule has 6 heteroatoms. The van der Waals surface area contributed by atoms with Crippen LogP contribution in [0.15, 0.2) is 66.7 Å². The van der Waals surface area contributed by atoms with Gasteiger partial charge in [-0.3, -0.25) is 4.79 Å². The Labute approximate surface area is 181 Å². The van der Waals surface area contributed by atoms with Crippen LogP contribution in [0, 0.1) is 0 Å². The maximum Gasteiger partial charge on any atom is 0.246 e. The molecule has 4 rings (SSSR count). The highest BCUT2D eigenvalue weighted by Gasteiger charge is 2.18. The van der Waals surface area contributed by atoms with Crippen molar-refractivity contribution < 1.29 is 14.3 Å². The number of fused-ring (bicyclic) bond motifs is 2. The van der Waals surface area contributed by atoms with E-state index in [0.717, 1.165) is 35.6 Å². The van der Waals surface area contributed by atoms with Crippen LogP contribution in [0.1, 0.15) is 25.2 Å². The largest absolute Gasteiger partial charge is 0.494 e. The average Bonchev–Trinajstić information content (AvgIpc) is 3.15. The van der Waals surface area contributed by atoms with E-state index in [9.17, 15) is 4.79 Å². The number of aromatic nitrogens is 2. The predicted octanol–water partition coefficient (Wildman–Crippen LogP) is 4.48. The maximum absolute atomic E-state index is 12.0. The maximum atomic E-state index is 12.0. The summed E-state index contributed by atoms with van der Waals surface area (Å²) in [5.74, 6) is 1.54. The summed E-state index contributed by atoms with van der Waals surface area (Å²) in [6.07, 6.45) is 0.818. The van der Waals surface area contributed by atoms with Crippen molar-refractivity contribution in [3.05, 3.63) is 72.6 Å². The van der Waals surface area contributed by atoms with Crippen LogP contribution in [0.3, 0.4) is 0 Å². The lowest BCUT2D eigenvalue weighted by Crippen LogP contribution is -2.31. The third kappa shape index (κ3) is 4.86. The van der Waals surface area contributed by atoms with Crippen molar-refractivity contribution in [1.29, 1.82) is 0 Å². The van der Waals surface area contributed by atoms with Crippen LogP contribution in [-0.4, -0.2) is 35.8 Å². The SMILES string of the molecule is COCC(=O)NC(C)c1nc2ccccc2n1CCCOc1ccc2ccccc2c1. The molecule has 0 saturated carbocycles. The lowest BCUT2D eigenvalue weighted by Gasteiger charge is -2.16. The van der Waals surface area contributed by atoms with Crippen molar-refractivity contribution in [1.82, 2.24) is 14.9 Å². The van der Waals surface area contributed by atoms with Gasteiger partial charge in [0.2, 0.25) is 5.91 Å². The summed E-state index contributed by atoms with van der Waals surface area (Å²) < 4.78 is 13.1. The van der Waals surface area contributed by atoms with E-state index in [1.54, 1.807) is 0 Å². The molecule has 3 aromatic carbocycles. The van der Waals surface area contributed by atoms with Crippen LogP contribution in [0.4, 0.5) is 0 Å². The third-order valence-corrected chi connectivity index (χ3v) is 5.24. The van der Waals surface area contributed by atoms with Gasteiger partial charge in [-0.1, -0.05) is 42.5 Å². The van der Waals surface area contributed by atoms with Gasteiger partial charge in [-0.15, -0.1) is 0 Å². The number of benzene rings is 3. The Bertz CT molecular complexity index is 1190. The number of nitrogens with one attached hydrogen (secondary N) is 1. The first-order chi connectivity index (χ1) is 15.2. The molecule has 1 atom stereocenters. The summed E-state index contributed by atoms with van der Waals surface area (Å²) in [6, 6.07) is 22.2. The van der Waals surface area contributed by atoms with Gasteiger partial charge in [-0.05, 0) is 48.4 Å². The van der Waals surface area contributed by atoms with Crippen LogP contribution in [0.2, 0.25) is 0 Å². The summed E-state index contributed by atoms with van der Waals surface area (Å²) in [4.78, 5) is 16.7. The number of hydrogen-bond acceptors (Lipinski definition) is 4. The second kappa shape index (κ2) is 9.62. The van der Waals surface area contributed by atoms with Crippen molar-refractivity contribution in [2.24, 2.45) is 0 Å². The number of amides is 1. The minimum Gasteiger partial charge on any atom is -0.494 e. The highest BCUT2D eigenvalue weighted by Crippen LogP contribution is 2.23. The van der Waals surface area contributed by atoms with Gasteiger partial charge in [0.1, 0.15) is 18.2 Å². The molecule has 1 amide bonds. The number of nitrogens with zero attached hydrogens (tertiary/aromatic N) is 2. The molecular formula is C25H27N3O3. The first kappa shape index (κ1) is 20.9. The molecule has 0 spiro atoms. The molecule has 0 fully saturated rings. The number of para-hydroxylation sites is 2. The van der Waals surface area contributed by atoms with Gasteiger partial charge in [0.05, 0.1) is 23.7 Å². The summed E-state index contributed by atoms with van der Waals surface area (Å²) in [5, 5.41) is 5.33. The van der Waals surface area contributed by atoms with Gasteiger partial charge >= 0.3 is 0 Å². The lowest BCUT2D eigenvalue weighted by atomic mass is 10.1. The van der Waals surface area contributed by atoms with Gasteiger partial charge in [0.25, 0.3) is 0 Å². The first-order valence-electron chi connectivity index (χ1n) is 10.5. The molecule has 160 valence electrons. The van der Waals surface area contributed by atoms with Gasteiger partial charge < -0.3 is 19.4 Å². The van der Waals surface area contributed by atoms with Gasteiger partial charge in [-0.2, -0.15) is 0 Å². The lowest BCUT2D eigenvalue weighted by molar-refractivity contribution is -0.125. The fraction of sp³-hybridized carbons (Fsp3) is 0.280. The number of imidazole rings is 1. The zero-order valence-corrected chi connectivity index (χ0v) is 17.9. The molecular weight excluding hydrogens is 390 g/mol. The van der Waals surface area contributed by atoms with E-state index in [1.807, 2.05) is 43.3 Å². The second-order valence-corrected chi connectivity index (χ2v) is 7.54. The van der Waals surface area contributed by atoms with Crippen LogP contribution >= 0.6 is 0 Å². The highest BCUT2D eigenvalue weighted by atomic mass is 16.5. The van der Waals surface area contributed by atoms with E-state index in [0.29, 0.717) is 6.61 Å². The van der Waals surface area contributed by atoms with E-state index in [1.165, 1.54) is 17.9 Å². The summed E-state index contributed by atoms with van der Waals surface area (Å²) >= 11 is 0. The molecule has 0 saturated heterocycles. The minimum absolute atomic E-state index is 0.0319. The Morgan fingerprint density at radius 3 is 2.68 bits per heavy atom. The fourth-order valence-electron chi connectivity index (χ4n) is 3.81. The van der Waals surface area contributed by atoms with Crippen molar-refractivity contribution in [3.8, 4) is 5.75 Å². The molecule has 31 heavy (non-hydrogen) atoms. The number of methoxy groups -OCH3 is 1. The van der Waals surface area contributed by atoms with Crippen molar-refractivity contribution in [2.75, 3.05) is 20.3 Å². The summed E-state index contributed by atoms with van der Waals surface area (Å²) in [7, 11) is 1.51. The van der Waals surface area contributed by atoms with Crippen molar-refractivity contribution in [2.45, 2.75) is 25.9 Å². The van der Waals surface area contributed by atoms with Gasteiger partial charge in [0.15, 0.2) is 0 Å². The highest BCUT2D eigenvalue weighted by molar-refractivity contribution is 5.83. The molecule has 0 bridgehead atoms. The predicted molar refractivity (Wildman–Crippen MR) is 122 cm³/mol. The molecule has 1 N–H and O–H groups in total. The molecule has 1 unspecified atom stereocenters. The molecule has 0 radical (unpaired) electrons. The monoisotopic (exact) mass is 417 g/mol. The molecule has 1 heterocycles. The fourth-order valence-corrected chi connectivity index (χ4v) is 3.81.